The SMILES string of the molecule is CCc1ccc2c(c1)C(C)(C)C(C=CC=CC=C1N(CCCS(=O)(=O)O)c3cc(S(=O)(=O)O)c4sc(S(=O)(=O)O)cc4c3C1(C)C)=[N+]2CCCS(=O)(=O)O. The Balaban J connectivity index is 1.59. The quantitative estimate of drug-likeness (QED) is 0.0872. The number of thiophene rings is 1. The van der Waals surface area contributed by atoms with Gasteiger partial charge in [-0.2, -0.15) is 38.2 Å². The number of nitrogens with zero attached hydrogens (tertiary/aromatic N) is 2. The summed E-state index contributed by atoms with van der Waals surface area (Å²) < 4.78 is 136. The lowest BCUT2D eigenvalue weighted by Crippen LogP contribution is -2.28. The number of hydrogen-bond acceptors (Lipinski definition) is 10. The molecule has 0 aliphatic carbocycles. The normalized spacial score (nSPS) is 18.2. The number of benzene rings is 2. The molecule has 0 amide bonds. The number of hydrogen-bond donors (Lipinski definition) is 4. The number of anilines is 1. The molecule has 0 saturated heterocycles. The molecule has 0 saturated carbocycles. The minimum absolute atomic E-state index is 0.0138. The Morgan fingerprint density at radius 2 is 1.44 bits per heavy atom. The molecule has 294 valence electrons. The molecule has 0 fully saturated rings. The van der Waals surface area contributed by atoms with E-state index in [0.717, 1.165) is 35.0 Å². The summed E-state index contributed by atoms with van der Waals surface area (Å²) in [5.74, 6) is -0.989. The van der Waals surface area contributed by atoms with Crippen molar-refractivity contribution in [2.75, 3.05) is 29.5 Å². The number of fused-ring (bicyclic) bond motifs is 4. The molecule has 14 nitrogen and oxygen atoms in total. The summed E-state index contributed by atoms with van der Waals surface area (Å²) in [6.07, 6.45) is 9.88. The van der Waals surface area contributed by atoms with Crippen LogP contribution in [0, 0.1) is 0 Å². The maximum absolute atomic E-state index is 12.6. The van der Waals surface area contributed by atoms with Crippen LogP contribution in [0.2, 0.25) is 0 Å². The summed E-state index contributed by atoms with van der Waals surface area (Å²) in [5, 5.41) is 0.162. The van der Waals surface area contributed by atoms with Crippen LogP contribution >= 0.6 is 11.3 Å². The van der Waals surface area contributed by atoms with E-state index in [4.69, 9.17) is 0 Å². The minimum atomic E-state index is -4.91. The lowest BCUT2D eigenvalue weighted by molar-refractivity contribution is -0.437. The van der Waals surface area contributed by atoms with Crippen LogP contribution in [0.15, 0.2) is 75.5 Å². The van der Waals surface area contributed by atoms with Crippen molar-refractivity contribution in [2.45, 2.75) is 73.8 Å². The maximum Gasteiger partial charge on any atom is 0.304 e. The van der Waals surface area contributed by atoms with Crippen LogP contribution in [0.25, 0.3) is 10.1 Å². The third-order valence-electron chi connectivity index (χ3n) is 9.77. The Morgan fingerprint density at radius 3 is 2.04 bits per heavy atom. The predicted octanol–water partition coefficient (Wildman–Crippen LogP) is 5.68. The average Bonchev–Trinajstić information content (AvgIpc) is 3.63. The number of allylic oxidation sites excluding steroid dienone is 6. The van der Waals surface area contributed by atoms with E-state index in [2.05, 4.69) is 26.8 Å². The molecule has 0 unspecified atom stereocenters. The molecule has 5 rings (SSSR count). The van der Waals surface area contributed by atoms with E-state index in [1.165, 1.54) is 6.07 Å². The summed E-state index contributed by atoms with van der Waals surface area (Å²) in [4.78, 5) is 1.07. The predicted molar refractivity (Wildman–Crippen MR) is 209 cm³/mol. The highest BCUT2D eigenvalue weighted by Gasteiger charge is 2.45. The van der Waals surface area contributed by atoms with Crippen molar-refractivity contribution in [3.05, 3.63) is 83.1 Å². The number of rotatable bonds is 14. The van der Waals surface area contributed by atoms with Gasteiger partial charge in [-0.1, -0.05) is 45.1 Å². The van der Waals surface area contributed by atoms with Crippen molar-refractivity contribution >= 4 is 79.0 Å². The second-order valence-corrected chi connectivity index (χ2v) is 21.5. The van der Waals surface area contributed by atoms with Gasteiger partial charge in [0.25, 0.3) is 30.4 Å². The molecule has 0 spiro atoms. The van der Waals surface area contributed by atoms with Gasteiger partial charge in [-0.3, -0.25) is 18.2 Å². The molecular formula is C35H43N2O12S5+. The van der Waals surface area contributed by atoms with Crippen molar-refractivity contribution in [2.24, 2.45) is 0 Å². The van der Waals surface area contributed by atoms with Crippen molar-refractivity contribution in [1.29, 1.82) is 0 Å². The van der Waals surface area contributed by atoms with E-state index in [1.54, 1.807) is 29.2 Å². The molecule has 3 heterocycles. The van der Waals surface area contributed by atoms with Crippen LogP contribution in [0.1, 0.15) is 64.2 Å². The van der Waals surface area contributed by atoms with Crippen LogP contribution in [0.5, 0.6) is 0 Å². The summed E-state index contributed by atoms with van der Waals surface area (Å²) in [6.45, 7) is 10.1. The molecule has 1 aromatic heterocycles. The van der Waals surface area contributed by atoms with Gasteiger partial charge in [0.2, 0.25) is 5.69 Å². The monoisotopic (exact) mass is 843 g/mol. The van der Waals surface area contributed by atoms with Gasteiger partial charge in [-0.05, 0) is 62.1 Å². The molecule has 19 heteroatoms. The second kappa shape index (κ2) is 14.7. The van der Waals surface area contributed by atoms with Crippen molar-refractivity contribution < 1.29 is 56.5 Å². The van der Waals surface area contributed by atoms with Gasteiger partial charge in [0.15, 0.2) is 5.71 Å². The molecule has 0 radical (unpaired) electrons. The zero-order valence-corrected chi connectivity index (χ0v) is 34.3. The highest BCUT2D eigenvalue weighted by Crippen LogP contribution is 2.54. The van der Waals surface area contributed by atoms with E-state index in [1.807, 2.05) is 36.6 Å². The number of aryl methyl sites for hydroxylation is 1. The summed E-state index contributed by atoms with van der Waals surface area (Å²) in [6, 6.07) is 8.51. The minimum Gasteiger partial charge on any atom is -0.344 e. The summed E-state index contributed by atoms with van der Waals surface area (Å²) >= 11 is 0.489. The molecule has 2 aliphatic rings. The Morgan fingerprint density at radius 1 is 0.796 bits per heavy atom. The van der Waals surface area contributed by atoms with E-state index in [0.29, 0.717) is 29.1 Å². The fourth-order valence-corrected chi connectivity index (χ4v) is 11.1. The zero-order chi connectivity index (χ0) is 40.2. The first-order valence-corrected chi connectivity index (χ1v) is 23.8. The fourth-order valence-electron chi connectivity index (χ4n) is 7.31. The molecule has 4 N–H and O–H groups in total. The van der Waals surface area contributed by atoms with E-state index in [-0.39, 0.29) is 35.2 Å². The van der Waals surface area contributed by atoms with Gasteiger partial charge in [-0.25, -0.2) is 0 Å². The van der Waals surface area contributed by atoms with Gasteiger partial charge in [0.05, 0.1) is 21.6 Å². The first-order valence-electron chi connectivity index (χ1n) is 16.8. The van der Waals surface area contributed by atoms with E-state index >= 15 is 0 Å². The lowest BCUT2D eigenvalue weighted by Gasteiger charge is -2.27. The van der Waals surface area contributed by atoms with E-state index in [9.17, 15) is 51.9 Å². The Kier molecular flexibility index (Phi) is 11.4. The Labute approximate surface area is 320 Å². The van der Waals surface area contributed by atoms with Crippen molar-refractivity contribution in [1.82, 2.24) is 0 Å². The van der Waals surface area contributed by atoms with Crippen molar-refractivity contribution in [3.8, 4) is 0 Å². The van der Waals surface area contributed by atoms with Gasteiger partial charge in [0, 0.05) is 52.9 Å². The van der Waals surface area contributed by atoms with Crippen molar-refractivity contribution in [3.63, 3.8) is 0 Å². The van der Waals surface area contributed by atoms with Gasteiger partial charge in [-0.15, -0.1) is 11.3 Å². The van der Waals surface area contributed by atoms with Crippen LogP contribution in [0.3, 0.4) is 0 Å². The van der Waals surface area contributed by atoms with E-state index < -0.39 is 71.9 Å². The molecule has 0 bridgehead atoms. The van der Waals surface area contributed by atoms with Crippen LogP contribution in [-0.4, -0.2) is 86.8 Å². The third-order valence-corrected chi connectivity index (χ3v) is 14.9. The van der Waals surface area contributed by atoms with Gasteiger partial charge in [0.1, 0.15) is 15.6 Å². The standard InChI is InChI=1S/C35H42N2O12S5/c1-6-23-14-15-26-25(20-23)34(2,3)29(36(26)16-10-18-51(38,39)40)12-8-7-9-13-30-35(4,5)32-24-21-31(54(47,48)49)50-33(24)28(53(44,45)46)22-27(32)37(30)17-11-19-52(41,42)43/h7-9,12-15,20-22H,6,10-11,16-19H2,1-5H3,(H3-,38,39,40,41,42,43,44,45,46,47,48,49)/p+1. The molecule has 3 aromatic rings. The lowest BCUT2D eigenvalue weighted by atomic mass is 9.80. The summed E-state index contributed by atoms with van der Waals surface area (Å²) in [7, 11) is -18.2. The van der Waals surface area contributed by atoms with Crippen LogP contribution in [0.4, 0.5) is 11.4 Å². The smallest absolute Gasteiger partial charge is 0.304 e. The Hall–Kier alpha value is -3.27. The Bertz CT molecular complexity index is 2600. The van der Waals surface area contributed by atoms with Gasteiger partial charge < -0.3 is 4.90 Å². The highest BCUT2D eigenvalue weighted by atomic mass is 32.3. The van der Waals surface area contributed by atoms with Crippen LogP contribution < -0.4 is 4.90 Å². The molecule has 0 atom stereocenters. The fraction of sp³-hybridized carbons (Fsp3) is 0.400. The maximum atomic E-state index is 12.6. The summed E-state index contributed by atoms with van der Waals surface area (Å²) in [5.41, 5.74) is 3.94. The third kappa shape index (κ3) is 8.58. The average molecular weight is 844 g/mol. The van der Waals surface area contributed by atoms with Gasteiger partial charge >= 0.3 is 10.1 Å². The molecule has 54 heavy (non-hydrogen) atoms. The first kappa shape index (κ1) is 41.9. The molecule has 2 aliphatic heterocycles. The van der Waals surface area contributed by atoms with Crippen LogP contribution in [-0.2, 0) is 57.7 Å². The molecule has 2 aromatic carbocycles. The zero-order valence-electron chi connectivity index (χ0n) is 30.2. The topological polar surface area (TPSA) is 224 Å². The first-order chi connectivity index (χ1) is 24.8. The highest BCUT2D eigenvalue weighted by molar-refractivity contribution is 7.88. The largest absolute Gasteiger partial charge is 0.344 e. The second-order valence-electron chi connectivity index (χ2n) is 14.2. The molecular weight excluding hydrogens is 801 g/mol.